The number of carbonyl (C=O) groups excluding carboxylic acids is 1. The number of carbonyl (C=O) groups is 1. The molecule has 0 fully saturated rings. The Morgan fingerprint density at radius 1 is 1.06 bits per heavy atom. The molecule has 0 unspecified atom stereocenters. The summed E-state index contributed by atoms with van der Waals surface area (Å²) in [4.78, 5) is 13.9. The summed E-state index contributed by atoms with van der Waals surface area (Å²) in [7, 11) is 0. The SMILES string of the molecule is O=C1CCC2=C(CCCC2)N1CCCCCl. The van der Waals surface area contributed by atoms with Gasteiger partial charge in [0.1, 0.15) is 0 Å². The number of amides is 1. The maximum Gasteiger partial charge on any atom is 0.227 e. The lowest BCUT2D eigenvalue weighted by Crippen LogP contribution is -2.36. The molecule has 1 heterocycles. The number of unbranched alkanes of at least 4 members (excludes halogenated alkanes) is 1. The van der Waals surface area contributed by atoms with Crippen molar-refractivity contribution < 1.29 is 4.79 Å². The summed E-state index contributed by atoms with van der Waals surface area (Å²) in [5.74, 6) is 1.03. The average Bonchev–Trinajstić information content (AvgIpc) is 2.32. The third-order valence-electron chi connectivity index (χ3n) is 3.58. The summed E-state index contributed by atoms with van der Waals surface area (Å²) in [6, 6.07) is 0. The highest BCUT2D eigenvalue weighted by Gasteiger charge is 2.27. The smallest absolute Gasteiger partial charge is 0.227 e. The van der Waals surface area contributed by atoms with Crippen LogP contribution in [0.25, 0.3) is 0 Å². The van der Waals surface area contributed by atoms with Crippen molar-refractivity contribution in [2.75, 3.05) is 12.4 Å². The van der Waals surface area contributed by atoms with Gasteiger partial charge in [-0.2, -0.15) is 0 Å². The summed E-state index contributed by atoms with van der Waals surface area (Å²) >= 11 is 5.68. The van der Waals surface area contributed by atoms with Crippen molar-refractivity contribution in [1.82, 2.24) is 4.90 Å². The van der Waals surface area contributed by atoms with E-state index in [1.54, 1.807) is 5.57 Å². The van der Waals surface area contributed by atoms with Crippen molar-refractivity contribution in [2.45, 2.75) is 51.4 Å². The van der Waals surface area contributed by atoms with E-state index < -0.39 is 0 Å². The largest absolute Gasteiger partial charge is 0.316 e. The second kappa shape index (κ2) is 5.72. The molecule has 16 heavy (non-hydrogen) atoms. The maximum atomic E-state index is 11.9. The Morgan fingerprint density at radius 3 is 2.69 bits per heavy atom. The number of rotatable bonds is 4. The van der Waals surface area contributed by atoms with Gasteiger partial charge in [0.05, 0.1) is 0 Å². The summed E-state index contributed by atoms with van der Waals surface area (Å²) in [6.45, 7) is 0.879. The van der Waals surface area contributed by atoms with Crippen molar-refractivity contribution in [2.24, 2.45) is 0 Å². The van der Waals surface area contributed by atoms with Crippen LogP contribution in [0, 0.1) is 0 Å². The first kappa shape index (κ1) is 12.0. The first-order valence-corrected chi connectivity index (χ1v) is 6.93. The minimum Gasteiger partial charge on any atom is -0.316 e. The van der Waals surface area contributed by atoms with E-state index >= 15 is 0 Å². The van der Waals surface area contributed by atoms with E-state index in [2.05, 4.69) is 0 Å². The Labute approximate surface area is 103 Å². The Balaban J connectivity index is 2.03. The average molecular weight is 242 g/mol. The highest BCUT2D eigenvalue weighted by atomic mass is 35.5. The normalized spacial score (nSPS) is 21.3. The predicted molar refractivity (Wildman–Crippen MR) is 66.4 cm³/mol. The van der Waals surface area contributed by atoms with Crippen LogP contribution >= 0.6 is 11.6 Å². The third kappa shape index (κ3) is 2.60. The van der Waals surface area contributed by atoms with E-state index in [1.807, 2.05) is 4.90 Å². The van der Waals surface area contributed by atoms with E-state index in [0.29, 0.717) is 11.8 Å². The molecule has 0 aromatic rings. The van der Waals surface area contributed by atoms with Crippen molar-refractivity contribution in [3.63, 3.8) is 0 Å². The van der Waals surface area contributed by atoms with Gasteiger partial charge in [-0.1, -0.05) is 5.57 Å². The maximum absolute atomic E-state index is 11.9. The molecular formula is C13H20ClNO. The lowest BCUT2D eigenvalue weighted by atomic mass is 9.89. The van der Waals surface area contributed by atoms with Crippen molar-refractivity contribution >= 4 is 17.5 Å². The second-order valence-corrected chi connectivity index (χ2v) is 5.08. The monoisotopic (exact) mass is 241 g/mol. The van der Waals surface area contributed by atoms with E-state index in [-0.39, 0.29) is 0 Å². The number of hydrogen-bond acceptors (Lipinski definition) is 1. The summed E-state index contributed by atoms with van der Waals surface area (Å²) < 4.78 is 0. The lowest BCUT2D eigenvalue weighted by molar-refractivity contribution is -0.130. The molecule has 0 aromatic carbocycles. The highest BCUT2D eigenvalue weighted by Crippen LogP contribution is 2.34. The van der Waals surface area contributed by atoms with Crippen LogP contribution in [0.3, 0.4) is 0 Å². The quantitative estimate of drug-likeness (QED) is 0.545. The van der Waals surface area contributed by atoms with Crippen LogP contribution in [0.2, 0.25) is 0 Å². The zero-order chi connectivity index (χ0) is 11.4. The van der Waals surface area contributed by atoms with E-state index in [0.717, 1.165) is 38.6 Å². The van der Waals surface area contributed by atoms with Crippen LogP contribution in [-0.4, -0.2) is 23.2 Å². The fourth-order valence-electron chi connectivity index (χ4n) is 2.71. The van der Waals surface area contributed by atoms with Gasteiger partial charge in [-0.05, 0) is 44.9 Å². The summed E-state index contributed by atoms with van der Waals surface area (Å²) in [6.07, 6.45) is 8.66. The first-order valence-electron chi connectivity index (χ1n) is 6.40. The molecule has 1 aliphatic carbocycles. The molecule has 1 amide bonds. The topological polar surface area (TPSA) is 20.3 Å². The number of hydrogen-bond donors (Lipinski definition) is 0. The van der Waals surface area contributed by atoms with Crippen molar-refractivity contribution in [3.8, 4) is 0 Å². The molecule has 0 aromatic heterocycles. The van der Waals surface area contributed by atoms with Crippen LogP contribution in [0.1, 0.15) is 51.4 Å². The highest BCUT2D eigenvalue weighted by molar-refractivity contribution is 6.17. The predicted octanol–water partition coefficient (Wildman–Crippen LogP) is 3.46. The zero-order valence-corrected chi connectivity index (χ0v) is 10.6. The fraction of sp³-hybridized carbons (Fsp3) is 0.769. The summed E-state index contributed by atoms with van der Waals surface area (Å²) in [5, 5.41) is 0. The van der Waals surface area contributed by atoms with Crippen molar-refractivity contribution in [1.29, 1.82) is 0 Å². The molecule has 90 valence electrons. The Morgan fingerprint density at radius 2 is 1.88 bits per heavy atom. The Hall–Kier alpha value is -0.500. The molecule has 0 bridgehead atoms. The van der Waals surface area contributed by atoms with Gasteiger partial charge in [0.25, 0.3) is 0 Å². The molecule has 0 atom stereocenters. The van der Waals surface area contributed by atoms with E-state index in [4.69, 9.17) is 11.6 Å². The molecule has 0 N–H and O–H groups in total. The molecule has 3 heteroatoms. The Bertz CT molecular complexity index is 298. The molecule has 0 radical (unpaired) electrons. The van der Waals surface area contributed by atoms with Crippen LogP contribution in [0.15, 0.2) is 11.3 Å². The molecule has 0 saturated carbocycles. The molecule has 0 saturated heterocycles. The number of allylic oxidation sites excluding steroid dienone is 2. The number of alkyl halides is 1. The van der Waals surface area contributed by atoms with Gasteiger partial charge in [0, 0.05) is 24.5 Å². The van der Waals surface area contributed by atoms with Gasteiger partial charge in [0.15, 0.2) is 0 Å². The van der Waals surface area contributed by atoms with E-state index in [1.165, 1.54) is 25.0 Å². The number of halogens is 1. The molecule has 2 rings (SSSR count). The third-order valence-corrected chi connectivity index (χ3v) is 3.85. The van der Waals surface area contributed by atoms with Gasteiger partial charge < -0.3 is 4.90 Å². The van der Waals surface area contributed by atoms with Gasteiger partial charge in [-0.3, -0.25) is 4.79 Å². The van der Waals surface area contributed by atoms with Gasteiger partial charge >= 0.3 is 0 Å². The van der Waals surface area contributed by atoms with Crippen LogP contribution in [0.4, 0.5) is 0 Å². The van der Waals surface area contributed by atoms with Crippen molar-refractivity contribution in [3.05, 3.63) is 11.3 Å². The lowest BCUT2D eigenvalue weighted by Gasteiger charge is -2.35. The van der Waals surface area contributed by atoms with Gasteiger partial charge in [-0.25, -0.2) is 0 Å². The minimum absolute atomic E-state index is 0.329. The molecular weight excluding hydrogens is 222 g/mol. The first-order chi connectivity index (χ1) is 7.83. The zero-order valence-electron chi connectivity index (χ0n) is 9.80. The molecule has 2 aliphatic rings. The van der Waals surface area contributed by atoms with Gasteiger partial charge in [0.2, 0.25) is 5.91 Å². The molecule has 1 aliphatic heterocycles. The van der Waals surface area contributed by atoms with Crippen LogP contribution in [0.5, 0.6) is 0 Å². The van der Waals surface area contributed by atoms with Crippen LogP contribution < -0.4 is 0 Å². The van der Waals surface area contributed by atoms with Gasteiger partial charge in [-0.15, -0.1) is 11.6 Å². The molecule has 0 spiro atoms. The standard InChI is InChI=1S/C13H20ClNO/c14-9-3-4-10-15-12-6-2-1-5-11(12)7-8-13(15)16/h1-10H2. The second-order valence-electron chi connectivity index (χ2n) is 4.70. The van der Waals surface area contributed by atoms with Crippen LogP contribution in [-0.2, 0) is 4.79 Å². The van der Waals surface area contributed by atoms with E-state index in [9.17, 15) is 4.79 Å². The fourth-order valence-corrected chi connectivity index (χ4v) is 2.90. The minimum atomic E-state index is 0.329. The Kier molecular flexibility index (Phi) is 4.28. The number of nitrogens with zero attached hydrogens (tertiary/aromatic N) is 1. The summed E-state index contributed by atoms with van der Waals surface area (Å²) in [5.41, 5.74) is 2.91. The molecule has 2 nitrogen and oxygen atoms in total.